The largest absolute Gasteiger partial charge is 0.463 e. The molecule has 0 aliphatic carbocycles. The molecule has 3 aliphatic heterocycles. The molecule has 1 fully saturated rings. The minimum Gasteiger partial charge on any atom is -0.463 e. The number of nitrogens with zero attached hydrogens (tertiary/aromatic N) is 3. The van der Waals surface area contributed by atoms with E-state index in [2.05, 4.69) is 4.99 Å². The van der Waals surface area contributed by atoms with Gasteiger partial charge in [-0.2, -0.15) is 8.78 Å². The van der Waals surface area contributed by atoms with Gasteiger partial charge in [0.25, 0.3) is 10.0 Å². The van der Waals surface area contributed by atoms with Crippen LogP contribution in [0.2, 0.25) is 5.02 Å². The lowest BCUT2D eigenvalue weighted by Gasteiger charge is -2.32. The van der Waals surface area contributed by atoms with E-state index in [1.165, 1.54) is 12.1 Å². The van der Waals surface area contributed by atoms with Crippen molar-refractivity contribution >= 4 is 39.1 Å². The summed E-state index contributed by atoms with van der Waals surface area (Å²) in [5.74, 6) is -4.56. The van der Waals surface area contributed by atoms with Crippen molar-refractivity contribution in [2.45, 2.75) is 37.6 Å². The van der Waals surface area contributed by atoms with Crippen LogP contribution < -0.4 is 4.72 Å². The molecule has 0 unspecified atom stereocenters. The van der Waals surface area contributed by atoms with Crippen LogP contribution in [0.5, 0.6) is 0 Å². The number of rotatable bonds is 7. The van der Waals surface area contributed by atoms with Crippen LogP contribution in [0.3, 0.4) is 0 Å². The number of nitrogens with one attached hydrogen (secondary N) is 1. The molecule has 0 amide bonds. The monoisotopic (exact) mass is 516 g/mol. The number of halogens is 4. The Labute approximate surface area is 198 Å². The number of ether oxygens (including phenoxy) is 1. The van der Waals surface area contributed by atoms with Gasteiger partial charge in [0.15, 0.2) is 5.84 Å². The summed E-state index contributed by atoms with van der Waals surface area (Å²) >= 11 is 6.30. The maximum atomic E-state index is 13.7. The molecule has 0 saturated carbocycles. The van der Waals surface area contributed by atoms with Crippen LogP contribution in [0, 0.1) is 5.82 Å². The Morgan fingerprint density at radius 3 is 2.76 bits per heavy atom. The smallest absolute Gasteiger partial charge is 0.350 e. The molecule has 3 aliphatic rings. The van der Waals surface area contributed by atoms with Gasteiger partial charge in [0.2, 0.25) is 0 Å². The van der Waals surface area contributed by atoms with Gasteiger partial charge in [0.05, 0.1) is 17.9 Å². The molecule has 3 heterocycles. The summed E-state index contributed by atoms with van der Waals surface area (Å²) in [6.07, 6.45) is 3.72. The van der Waals surface area contributed by atoms with Crippen LogP contribution in [0.4, 0.5) is 13.2 Å². The number of sulfonamides is 1. The first-order valence-corrected chi connectivity index (χ1v) is 12.3. The standard InChI is InChI=1S/C21H20ClF3N4O4S/c1-2-33-20(30)17-16-9-12(28-34(31,32)21(24)25)10-29(16)19(15-4-3-7-26-15)27-18(17)13-6-5-11(23)8-14(13)22/h3,5-8,12,18,21,28H,2,4,9-10H2,1H3/t12-,18-/m0/s1. The van der Waals surface area contributed by atoms with E-state index in [1.807, 2.05) is 4.72 Å². The topological polar surface area (TPSA) is 100 Å². The highest BCUT2D eigenvalue weighted by atomic mass is 35.5. The van der Waals surface area contributed by atoms with Gasteiger partial charge in [-0.15, -0.1) is 0 Å². The Kier molecular flexibility index (Phi) is 6.83. The van der Waals surface area contributed by atoms with E-state index in [-0.39, 0.29) is 30.2 Å². The summed E-state index contributed by atoms with van der Waals surface area (Å²) in [4.78, 5) is 23.6. The fourth-order valence-corrected chi connectivity index (χ4v) is 5.11. The Balaban J connectivity index is 1.85. The van der Waals surface area contributed by atoms with Crippen molar-refractivity contribution in [1.82, 2.24) is 9.62 Å². The number of carbonyl (C=O) groups excluding carboxylic acids is 1. The van der Waals surface area contributed by atoms with Crippen molar-refractivity contribution in [1.29, 1.82) is 0 Å². The van der Waals surface area contributed by atoms with Gasteiger partial charge in [0.1, 0.15) is 11.9 Å². The van der Waals surface area contributed by atoms with E-state index in [1.54, 1.807) is 24.1 Å². The second-order valence-corrected chi connectivity index (χ2v) is 9.79. The molecule has 182 valence electrons. The van der Waals surface area contributed by atoms with E-state index in [9.17, 15) is 26.4 Å². The maximum absolute atomic E-state index is 13.7. The summed E-state index contributed by atoms with van der Waals surface area (Å²) in [5.41, 5.74) is 1.30. The molecule has 4 rings (SSSR count). The van der Waals surface area contributed by atoms with Crippen LogP contribution in [0.1, 0.15) is 31.4 Å². The number of aliphatic imine (C=N–C) groups is 2. The van der Waals surface area contributed by atoms with E-state index in [4.69, 9.17) is 21.3 Å². The molecule has 1 N–H and O–H groups in total. The van der Waals surface area contributed by atoms with E-state index < -0.39 is 39.7 Å². The highest BCUT2D eigenvalue weighted by Crippen LogP contribution is 2.42. The lowest BCUT2D eigenvalue weighted by atomic mass is 9.94. The molecule has 34 heavy (non-hydrogen) atoms. The minimum absolute atomic E-state index is 0.0309. The zero-order valence-corrected chi connectivity index (χ0v) is 19.4. The SMILES string of the molecule is CCOC(=O)C1=C2C[C@H](NS(=O)(=O)C(F)F)CN2C(C2=NC=CC2)=N[C@H]1c1ccc(F)cc1Cl. The number of amidine groups is 1. The van der Waals surface area contributed by atoms with Gasteiger partial charge in [0, 0.05) is 47.9 Å². The first-order valence-electron chi connectivity index (χ1n) is 10.3. The Morgan fingerprint density at radius 1 is 1.38 bits per heavy atom. The van der Waals surface area contributed by atoms with Crippen LogP contribution in [0.25, 0.3) is 0 Å². The predicted octanol–water partition coefficient (Wildman–Crippen LogP) is 3.32. The van der Waals surface area contributed by atoms with Gasteiger partial charge in [-0.1, -0.05) is 23.7 Å². The third-order valence-corrected chi connectivity index (χ3v) is 6.94. The van der Waals surface area contributed by atoms with Crippen molar-refractivity contribution in [2.24, 2.45) is 9.98 Å². The van der Waals surface area contributed by atoms with E-state index in [0.29, 0.717) is 29.2 Å². The van der Waals surface area contributed by atoms with Gasteiger partial charge < -0.3 is 9.64 Å². The van der Waals surface area contributed by atoms with Crippen molar-refractivity contribution < 1.29 is 31.1 Å². The Bertz CT molecular complexity index is 1250. The van der Waals surface area contributed by atoms with Crippen LogP contribution >= 0.6 is 11.6 Å². The zero-order valence-electron chi connectivity index (χ0n) is 17.8. The third kappa shape index (κ3) is 4.62. The first-order chi connectivity index (χ1) is 16.1. The number of fused-ring (bicyclic) bond motifs is 1. The maximum Gasteiger partial charge on any atom is 0.350 e. The normalized spacial score (nSPS) is 22.2. The first kappa shape index (κ1) is 24.4. The van der Waals surface area contributed by atoms with Gasteiger partial charge >= 0.3 is 11.7 Å². The minimum atomic E-state index is -4.88. The Morgan fingerprint density at radius 2 is 2.15 bits per heavy atom. The van der Waals surface area contributed by atoms with Crippen molar-refractivity contribution in [2.75, 3.05) is 13.2 Å². The lowest BCUT2D eigenvalue weighted by Crippen LogP contribution is -2.43. The van der Waals surface area contributed by atoms with Crippen molar-refractivity contribution in [3.63, 3.8) is 0 Å². The fraction of sp³-hybridized carbons (Fsp3) is 0.381. The summed E-state index contributed by atoms with van der Waals surface area (Å²) in [7, 11) is -4.88. The quantitative estimate of drug-likeness (QED) is 0.560. The average molecular weight is 517 g/mol. The number of benzene rings is 1. The van der Waals surface area contributed by atoms with Crippen LogP contribution in [-0.4, -0.2) is 55.8 Å². The molecule has 1 aromatic rings. The molecule has 13 heteroatoms. The molecule has 0 aromatic heterocycles. The molecule has 0 bridgehead atoms. The molecule has 2 atom stereocenters. The predicted molar refractivity (Wildman–Crippen MR) is 120 cm³/mol. The molecule has 0 spiro atoms. The number of allylic oxidation sites excluding steroid dienone is 1. The van der Waals surface area contributed by atoms with Crippen molar-refractivity contribution in [3.8, 4) is 0 Å². The average Bonchev–Trinajstić information content (AvgIpc) is 3.42. The van der Waals surface area contributed by atoms with Crippen LogP contribution in [0.15, 0.2) is 51.7 Å². The second kappa shape index (κ2) is 9.51. The summed E-state index contributed by atoms with van der Waals surface area (Å²) in [6.45, 7) is 1.62. The number of hydrogen-bond donors (Lipinski definition) is 1. The second-order valence-electron chi connectivity index (χ2n) is 7.70. The molecule has 0 radical (unpaired) electrons. The number of esters is 1. The highest BCUT2D eigenvalue weighted by Gasteiger charge is 2.44. The summed E-state index contributed by atoms with van der Waals surface area (Å²) in [5, 5.41) is 0.0309. The molecular formula is C21H20ClF3N4O4S. The summed E-state index contributed by atoms with van der Waals surface area (Å²) in [6, 6.07) is 1.72. The number of hydrogen-bond acceptors (Lipinski definition) is 7. The molecule has 8 nitrogen and oxygen atoms in total. The third-order valence-electron chi connectivity index (χ3n) is 5.48. The van der Waals surface area contributed by atoms with Crippen LogP contribution in [-0.2, 0) is 19.6 Å². The summed E-state index contributed by atoms with van der Waals surface area (Å²) < 4.78 is 70.5. The Hall–Kier alpha value is -2.70. The van der Waals surface area contributed by atoms with Gasteiger partial charge in [-0.3, -0.25) is 9.98 Å². The van der Waals surface area contributed by atoms with Crippen molar-refractivity contribution in [3.05, 3.63) is 58.1 Å². The van der Waals surface area contributed by atoms with E-state index >= 15 is 0 Å². The number of alkyl halides is 2. The molecular weight excluding hydrogens is 497 g/mol. The van der Waals surface area contributed by atoms with E-state index in [0.717, 1.165) is 6.07 Å². The molecule has 1 aromatic carbocycles. The highest BCUT2D eigenvalue weighted by molar-refractivity contribution is 7.89. The van der Waals surface area contributed by atoms with Gasteiger partial charge in [-0.25, -0.2) is 22.3 Å². The molecule has 1 saturated heterocycles. The van der Waals surface area contributed by atoms with Gasteiger partial charge in [-0.05, 0) is 19.1 Å². The lowest BCUT2D eigenvalue weighted by molar-refractivity contribution is -0.139. The fourth-order valence-electron chi connectivity index (χ4n) is 4.11. The number of carbonyl (C=O) groups is 1. The zero-order chi connectivity index (χ0) is 24.6.